The quantitative estimate of drug-likeness (QED) is 0.435. The lowest BCUT2D eigenvalue weighted by Gasteiger charge is -2.15. The maximum atomic E-state index is 13.9. The maximum absolute atomic E-state index is 13.9. The Balaban J connectivity index is 1.77. The van der Waals surface area contributed by atoms with Crippen molar-refractivity contribution in [1.29, 1.82) is 0 Å². The standard InChI is InChI=1S/C26H20Cl3N5O4S2/c1-5-8-33-24(37)21(26-32(3)17-11-14(38-4)6-7-18(17)39-26)40-25(33)19-22(30-12(2)35)31-34(23(19)36)20-15(28)9-13(27)10-16(20)29/h5-7,9-11H,1,8H2,2-4H3,(H,30,31,35)/b25-19?,26-21-. The molecule has 206 valence electrons. The molecule has 1 N–H and O–H groups in total. The summed E-state index contributed by atoms with van der Waals surface area (Å²) in [4.78, 5) is 42.7. The van der Waals surface area contributed by atoms with Gasteiger partial charge in [-0.1, -0.05) is 52.6 Å². The molecule has 0 radical (unpaired) electrons. The Hall–Kier alpha value is -3.22. The number of hydrogen-bond acceptors (Lipinski definition) is 8. The van der Waals surface area contributed by atoms with Crippen LogP contribution in [0, 0.1) is 0 Å². The number of halogens is 3. The first kappa shape index (κ1) is 28.3. The lowest BCUT2D eigenvalue weighted by atomic mass is 10.2. The molecule has 2 amide bonds. The van der Waals surface area contributed by atoms with E-state index in [1.807, 2.05) is 30.1 Å². The molecule has 0 spiro atoms. The van der Waals surface area contributed by atoms with Crippen molar-refractivity contribution in [2.45, 2.75) is 18.4 Å². The van der Waals surface area contributed by atoms with Gasteiger partial charge in [-0.25, -0.2) is 0 Å². The highest BCUT2D eigenvalue weighted by Crippen LogP contribution is 2.46. The number of hydrogen-bond donors (Lipinski definition) is 1. The number of thioether (sulfide) groups is 1. The zero-order valence-corrected chi connectivity index (χ0v) is 25.2. The molecule has 0 saturated carbocycles. The number of rotatable bonds is 4. The largest absolute Gasteiger partial charge is 0.497 e. The molecule has 0 unspecified atom stereocenters. The normalized spacial score (nSPS) is 17.2. The van der Waals surface area contributed by atoms with Crippen LogP contribution in [0.1, 0.15) is 6.92 Å². The Bertz CT molecular complexity index is 1810. The van der Waals surface area contributed by atoms with E-state index < -0.39 is 11.8 Å². The predicted molar refractivity (Wildman–Crippen MR) is 162 cm³/mol. The Morgan fingerprint density at radius 1 is 1.18 bits per heavy atom. The molecule has 2 aliphatic rings. The fraction of sp³-hybridized carbons (Fsp3) is 0.154. The van der Waals surface area contributed by atoms with Gasteiger partial charge >= 0.3 is 0 Å². The molecule has 1 aromatic heterocycles. The second kappa shape index (κ2) is 11.0. The summed E-state index contributed by atoms with van der Waals surface area (Å²) in [6, 6.07) is 8.52. The molecule has 3 aromatic rings. The van der Waals surface area contributed by atoms with Gasteiger partial charge in [-0.2, -0.15) is 5.01 Å². The van der Waals surface area contributed by atoms with E-state index in [9.17, 15) is 14.4 Å². The van der Waals surface area contributed by atoms with Crippen molar-refractivity contribution in [1.82, 2.24) is 9.88 Å². The smallest absolute Gasteiger partial charge is 0.285 e. The predicted octanol–water partition coefficient (Wildman–Crippen LogP) is 4.02. The van der Waals surface area contributed by atoms with Crippen molar-refractivity contribution in [3.63, 3.8) is 0 Å². The van der Waals surface area contributed by atoms with E-state index in [0.29, 0.717) is 15.3 Å². The van der Waals surface area contributed by atoms with Crippen LogP contribution in [0.15, 0.2) is 57.8 Å². The molecule has 9 nitrogen and oxygen atoms in total. The molecule has 0 atom stereocenters. The highest BCUT2D eigenvalue weighted by Gasteiger charge is 2.37. The summed E-state index contributed by atoms with van der Waals surface area (Å²) in [6.07, 6.45) is 1.55. The van der Waals surface area contributed by atoms with Gasteiger partial charge in [0.1, 0.15) is 31.2 Å². The van der Waals surface area contributed by atoms with Crippen molar-refractivity contribution in [3.05, 3.63) is 77.6 Å². The molecule has 0 saturated heterocycles. The van der Waals surface area contributed by atoms with E-state index >= 15 is 0 Å². The number of methoxy groups -OCH3 is 1. The van der Waals surface area contributed by atoms with Crippen LogP contribution < -0.4 is 34.7 Å². The Labute approximate surface area is 251 Å². The monoisotopic (exact) mass is 635 g/mol. The second-order valence-electron chi connectivity index (χ2n) is 8.58. The first-order valence-electron chi connectivity index (χ1n) is 11.6. The van der Waals surface area contributed by atoms with E-state index in [2.05, 4.69) is 17.0 Å². The number of fused-ring (bicyclic) bond motifs is 1. The average Bonchev–Trinajstić information content (AvgIpc) is 3.49. The summed E-state index contributed by atoms with van der Waals surface area (Å²) >= 11 is 21.4. The molecule has 5 rings (SSSR count). The summed E-state index contributed by atoms with van der Waals surface area (Å²) < 4.78 is 7.48. The molecule has 2 aromatic carbocycles. The molecule has 3 heterocycles. The summed E-state index contributed by atoms with van der Waals surface area (Å²) in [6.45, 7) is 5.18. The minimum absolute atomic E-state index is 0.0120. The molecular weight excluding hydrogens is 617 g/mol. The minimum atomic E-state index is -0.633. The van der Waals surface area contributed by atoms with Crippen LogP contribution in [0.4, 0.5) is 11.4 Å². The van der Waals surface area contributed by atoms with Gasteiger partial charge in [-0.05, 0) is 24.3 Å². The number of carbonyl (C=O) groups is 2. The van der Waals surface area contributed by atoms with Crippen LogP contribution >= 0.6 is 57.9 Å². The highest BCUT2D eigenvalue weighted by molar-refractivity contribution is 8.08. The van der Waals surface area contributed by atoms with E-state index in [1.54, 1.807) is 13.2 Å². The van der Waals surface area contributed by atoms with Gasteiger partial charge in [-0.3, -0.25) is 19.0 Å². The zero-order chi connectivity index (χ0) is 28.9. The zero-order valence-electron chi connectivity index (χ0n) is 21.3. The number of nitrogens with zero attached hydrogens (tertiary/aromatic N) is 4. The van der Waals surface area contributed by atoms with E-state index in [0.717, 1.165) is 26.9 Å². The van der Waals surface area contributed by atoms with Crippen molar-refractivity contribution in [3.8, 4) is 5.75 Å². The van der Waals surface area contributed by atoms with Crippen LogP contribution in [0.5, 0.6) is 5.75 Å². The third kappa shape index (κ3) is 4.82. The number of benzene rings is 2. The highest BCUT2D eigenvalue weighted by atomic mass is 35.5. The van der Waals surface area contributed by atoms with Gasteiger partial charge in [0, 0.05) is 36.5 Å². The van der Waals surface area contributed by atoms with E-state index in [1.165, 1.54) is 35.4 Å². The fourth-order valence-corrected chi connectivity index (χ4v) is 7.67. The van der Waals surface area contributed by atoms with Crippen LogP contribution in [-0.4, -0.2) is 36.4 Å². The Morgan fingerprint density at radius 3 is 2.50 bits per heavy atom. The van der Waals surface area contributed by atoms with Crippen LogP contribution in [0.2, 0.25) is 15.1 Å². The average molecular weight is 637 g/mol. The number of thiazole rings is 1. The third-order valence-electron chi connectivity index (χ3n) is 5.97. The molecule has 40 heavy (non-hydrogen) atoms. The molecular formula is C26H20Cl3N5O4S2. The first-order chi connectivity index (χ1) is 19.0. The van der Waals surface area contributed by atoms with Gasteiger partial charge in [0.25, 0.3) is 11.5 Å². The summed E-state index contributed by atoms with van der Waals surface area (Å²) in [5.74, 6) is -0.452. The number of aromatic nitrogens is 1. The summed E-state index contributed by atoms with van der Waals surface area (Å²) in [7, 11) is 3.44. The third-order valence-corrected chi connectivity index (χ3v) is 9.32. The van der Waals surface area contributed by atoms with Crippen molar-refractivity contribution in [2.24, 2.45) is 5.10 Å². The summed E-state index contributed by atoms with van der Waals surface area (Å²) in [5.41, 5.74) is 0.664. The number of anilines is 2. The fourth-order valence-electron chi connectivity index (χ4n) is 4.22. The second-order valence-corrected chi connectivity index (χ2v) is 11.9. The summed E-state index contributed by atoms with van der Waals surface area (Å²) in [5, 5.41) is 9.07. The molecule has 2 aliphatic heterocycles. The number of amidine groups is 1. The molecule has 0 bridgehead atoms. The lowest BCUT2D eigenvalue weighted by Crippen LogP contribution is -2.37. The van der Waals surface area contributed by atoms with Gasteiger partial charge in [0.05, 0.1) is 22.8 Å². The number of hydrazone groups is 1. The van der Waals surface area contributed by atoms with Crippen molar-refractivity contribution >= 4 is 97.5 Å². The number of nitrogens with one attached hydrogen (secondary N) is 1. The number of carbonyl (C=O) groups excluding carboxylic acids is 2. The van der Waals surface area contributed by atoms with Gasteiger partial charge in [0.2, 0.25) is 5.91 Å². The molecule has 14 heteroatoms. The Kier molecular flexibility index (Phi) is 7.77. The number of amides is 2. The number of allylic oxidation sites excluding steroid dienone is 1. The number of ether oxygens (including phenoxy) is 1. The van der Waals surface area contributed by atoms with Gasteiger partial charge in [-0.15, -0.1) is 23.0 Å². The van der Waals surface area contributed by atoms with E-state index in [4.69, 9.17) is 39.5 Å². The SMILES string of the molecule is C=CCn1c(=C2C(=O)N(c3c(Cl)cc(Cl)cc3Cl)N=C2NC(C)=O)s/c(=C2\Sc3ccc(OC)cc3N2C)c1=O. The Morgan fingerprint density at radius 2 is 1.88 bits per heavy atom. The van der Waals surface area contributed by atoms with Crippen molar-refractivity contribution < 1.29 is 14.3 Å². The minimum Gasteiger partial charge on any atom is -0.497 e. The van der Waals surface area contributed by atoms with Gasteiger partial charge < -0.3 is 15.0 Å². The first-order valence-corrected chi connectivity index (χ1v) is 14.4. The maximum Gasteiger partial charge on any atom is 0.285 e. The van der Waals surface area contributed by atoms with Crippen LogP contribution in [0.25, 0.3) is 10.6 Å². The van der Waals surface area contributed by atoms with Crippen LogP contribution in [0.3, 0.4) is 0 Å². The van der Waals surface area contributed by atoms with Gasteiger partial charge in [0.15, 0.2) is 5.84 Å². The van der Waals surface area contributed by atoms with E-state index in [-0.39, 0.29) is 48.9 Å². The topological polar surface area (TPSA) is 96.2 Å². The molecule has 0 aliphatic carbocycles. The lowest BCUT2D eigenvalue weighted by molar-refractivity contribution is -0.117. The van der Waals surface area contributed by atoms with Crippen LogP contribution in [-0.2, 0) is 16.1 Å². The molecule has 0 fully saturated rings. The van der Waals surface area contributed by atoms with Crippen molar-refractivity contribution in [2.75, 3.05) is 24.1 Å².